The molecule has 0 spiro atoms. The lowest BCUT2D eigenvalue weighted by atomic mass is 10.0. The molecule has 2 nitrogen and oxygen atoms in total. The highest BCUT2D eigenvalue weighted by atomic mass is 35.5. The largest absolute Gasteiger partial charge is 0.497 e. The molecule has 2 aromatic rings. The van der Waals surface area contributed by atoms with Gasteiger partial charge in [-0.2, -0.15) is 0 Å². The lowest BCUT2D eigenvalue weighted by molar-refractivity contribution is 0.413. The van der Waals surface area contributed by atoms with Gasteiger partial charge in [0.2, 0.25) is 0 Å². The number of methoxy groups -OCH3 is 1. The molecule has 0 aliphatic carbocycles. The Morgan fingerprint density at radius 2 is 1.71 bits per heavy atom. The Morgan fingerprint density at radius 1 is 1.00 bits per heavy atom. The van der Waals surface area contributed by atoms with Crippen LogP contribution in [0.1, 0.15) is 31.0 Å². The van der Waals surface area contributed by atoms with Gasteiger partial charge in [0.05, 0.1) is 7.11 Å². The molecule has 0 aromatic heterocycles. The normalized spacial score (nSPS) is 13.1. The van der Waals surface area contributed by atoms with E-state index in [-0.39, 0.29) is 12.4 Å². The quantitative estimate of drug-likeness (QED) is 0.854. The molecule has 0 aliphatic rings. The number of hydrogen-bond acceptors (Lipinski definition) is 2. The minimum Gasteiger partial charge on any atom is -0.497 e. The van der Waals surface area contributed by atoms with E-state index < -0.39 is 0 Å². The van der Waals surface area contributed by atoms with Crippen LogP contribution in [0.2, 0.25) is 0 Å². The van der Waals surface area contributed by atoms with Gasteiger partial charge in [0.25, 0.3) is 0 Å². The fourth-order valence-electron chi connectivity index (χ4n) is 2.48. The van der Waals surface area contributed by atoms with Gasteiger partial charge in [-0.05, 0) is 43.5 Å². The predicted octanol–water partition coefficient (Wildman–Crippen LogP) is 4.40. The van der Waals surface area contributed by atoms with Crippen LogP contribution in [0.5, 0.6) is 5.75 Å². The number of hydrogen-bond donors (Lipinski definition) is 1. The molecule has 2 rings (SSSR count). The van der Waals surface area contributed by atoms with E-state index in [0.717, 1.165) is 12.2 Å². The first-order valence-corrected chi connectivity index (χ1v) is 7.13. The number of benzene rings is 2. The van der Waals surface area contributed by atoms with Crippen molar-refractivity contribution < 1.29 is 4.74 Å². The maximum atomic E-state index is 5.27. The monoisotopic (exact) mass is 305 g/mol. The van der Waals surface area contributed by atoms with Gasteiger partial charge in [-0.25, -0.2) is 0 Å². The average Bonchev–Trinajstić information content (AvgIpc) is 2.48. The van der Waals surface area contributed by atoms with E-state index in [1.54, 1.807) is 7.11 Å². The van der Waals surface area contributed by atoms with Crippen molar-refractivity contribution in [3.8, 4) is 5.75 Å². The maximum Gasteiger partial charge on any atom is 0.119 e. The zero-order chi connectivity index (χ0) is 14.4. The summed E-state index contributed by atoms with van der Waals surface area (Å²) in [6, 6.07) is 19.6. The first-order chi connectivity index (χ1) is 9.69. The fraction of sp³-hybridized carbons (Fsp3) is 0.333. The first-order valence-electron chi connectivity index (χ1n) is 7.13. The molecule has 0 aliphatic heterocycles. The molecule has 0 unspecified atom stereocenters. The molecule has 2 atom stereocenters. The Kier molecular flexibility index (Phi) is 7.27. The Bertz CT molecular complexity index is 530. The summed E-state index contributed by atoms with van der Waals surface area (Å²) >= 11 is 0. The average molecular weight is 306 g/mol. The molecule has 21 heavy (non-hydrogen) atoms. The summed E-state index contributed by atoms with van der Waals surface area (Å²) in [5.74, 6) is 0.922. The number of rotatable bonds is 6. The van der Waals surface area contributed by atoms with E-state index in [2.05, 4.69) is 61.6 Å². The third-order valence-electron chi connectivity index (χ3n) is 3.51. The smallest absolute Gasteiger partial charge is 0.119 e. The van der Waals surface area contributed by atoms with Crippen molar-refractivity contribution >= 4 is 12.4 Å². The summed E-state index contributed by atoms with van der Waals surface area (Å²) in [6.07, 6.45) is 0.994. The van der Waals surface area contributed by atoms with Gasteiger partial charge >= 0.3 is 0 Å². The second-order valence-corrected chi connectivity index (χ2v) is 5.26. The topological polar surface area (TPSA) is 21.3 Å². The number of ether oxygens (including phenoxy) is 1. The van der Waals surface area contributed by atoms with Crippen molar-refractivity contribution in [1.29, 1.82) is 0 Å². The van der Waals surface area contributed by atoms with Gasteiger partial charge < -0.3 is 10.1 Å². The Balaban J connectivity index is 0.00000220. The predicted molar refractivity (Wildman–Crippen MR) is 91.4 cm³/mol. The molecule has 0 amide bonds. The van der Waals surface area contributed by atoms with Gasteiger partial charge in [-0.1, -0.05) is 42.5 Å². The molecule has 0 saturated carbocycles. The Labute approximate surface area is 133 Å². The summed E-state index contributed by atoms with van der Waals surface area (Å²) in [5, 5.41) is 3.64. The van der Waals surface area contributed by atoms with Crippen LogP contribution in [0.25, 0.3) is 0 Å². The van der Waals surface area contributed by atoms with Crippen molar-refractivity contribution in [3.05, 3.63) is 65.7 Å². The second kappa shape index (κ2) is 8.71. The van der Waals surface area contributed by atoms with Crippen LogP contribution in [0.3, 0.4) is 0 Å². The first kappa shape index (κ1) is 17.5. The third kappa shape index (κ3) is 5.41. The van der Waals surface area contributed by atoms with E-state index in [0.29, 0.717) is 12.1 Å². The highest BCUT2D eigenvalue weighted by molar-refractivity contribution is 5.85. The van der Waals surface area contributed by atoms with Crippen molar-refractivity contribution in [3.63, 3.8) is 0 Å². The number of nitrogens with one attached hydrogen (secondary N) is 1. The van der Waals surface area contributed by atoms with Crippen LogP contribution >= 0.6 is 12.4 Å². The van der Waals surface area contributed by atoms with Gasteiger partial charge in [-0.15, -0.1) is 12.4 Å². The summed E-state index contributed by atoms with van der Waals surface area (Å²) < 4.78 is 5.27. The van der Waals surface area contributed by atoms with E-state index in [1.807, 2.05) is 12.1 Å². The van der Waals surface area contributed by atoms with Gasteiger partial charge in [0, 0.05) is 12.1 Å². The van der Waals surface area contributed by atoms with Gasteiger partial charge in [0.1, 0.15) is 5.75 Å². The fourth-order valence-corrected chi connectivity index (χ4v) is 2.48. The Hall–Kier alpha value is -1.51. The SMILES string of the molecule is COc1cccc(C[C@H](C)N[C@@H](C)c2ccccc2)c1.Cl. The van der Waals surface area contributed by atoms with Crippen LogP contribution in [0.15, 0.2) is 54.6 Å². The molecular formula is C18H24ClNO. The van der Waals surface area contributed by atoms with Crippen LogP contribution < -0.4 is 10.1 Å². The van der Waals surface area contributed by atoms with Crippen LogP contribution in [-0.4, -0.2) is 13.2 Å². The molecule has 0 fully saturated rings. The molecule has 0 bridgehead atoms. The summed E-state index contributed by atoms with van der Waals surface area (Å²) in [7, 11) is 1.71. The van der Waals surface area contributed by atoms with Gasteiger partial charge in [0.15, 0.2) is 0 Å². The van der Waals surface area contributed by atoms with Crippen molar-refractivity contribution in [2.45, 2.75) is 32.4 Å². The van der Waals surface area contributed by atoms with Crippen molar-refractivity contribution in [2.24, 2.45) is 0 Å². The summed E-state index contributed by atoms with van der Waals surface area (Å²) in [4.78, 5) is 0. The molecule has 0 saturated heterocycles. The Morgan fingerprint density at radius 3 is 2.38 bits per heavy atom. The molecule has 0 heterocycles. The van der Waals surface area contributed by atoms with E-state index in [9.17, 15) is 0 Å². The van der Waals surface area contributed by atoms with E-state index in [4.69, 9.17) is 4.74 Å². The molecule has 0 radical (unpaired) electrons. The van der Waals surface area contributed by atoms with Crippen molar-refractivity contribution in [2.75, 3.05) is 7.11 Å². The minimum atomic E-state index is 0. The maximum absolute atomic E-state index is 5.27. The van der Waals surface area contributed by atoms with Crippen LogP contribution in [0.4, 0.5) is 0 Å². The van der Waals surface area contributed by atoms with Gasteiger partial charge in [-0.3, -0.25) is 0 Å². The zero-order valence-corrected chi connectivity index (χ0v) is 13.7. The number of halogens is 1. The highest BCUT2D eigenvalue weighted by Gasteiger charge is 2.10. The zero-order valence-electron chi connectivity index (χ0n) is 12.9. The molecule has 1 N–H and O–H groups in total. The lowest BCUT2D eigenvalue weighted by Crippen LogP contribution is -2.30. The van der Waals surface area contributed by atoms with Crippen LogP contribution in [0, 0.1) is 0 Å². The molecule has 3 heteroatoms. The van der Waals surface area contributed by atoms with E-state index >= 15 is 0 Å². The molecular weight excluding hydrogens is 282 g/mol. The lowest BCUT2D eigenvalue weighted by Gasteiger charge is -2.20. The third-order valence-corrected chi connectivity index (χ3v) is 3.51. The summed E-state index contributed by atoms with van der Waals surface area (Å²) in [5.41, 5.74) is 2.62. The summed E-state index contributed by atoms with van der Waals surface area (Å²) in [6.45, 7) is 4.43. The molecule has 2 aromatic carbocycles. The van der Waals surface area contributed by atoms with E-state index in [1.165, 1.54) is 11.1 Å². The van der Waals surface area contributed by atoms with Crippen molar-refractivity contribution in [1.82, 2.24) is 5.32 Å². The van der Waals surface area contributed by atoms with Crippen LogP contribution in [-0.2, 0) is 6.42 Å². The minimum absolute atomic E-state index is 0. The highest BCUT2D eigenvalue weighted by Crippen LogP contribution is 2.16. The second-order valence-electron chi connectivity index (χ2n) is 5.26. The molecule has 114 valence electrons. The standard InChI is InChI=1S/C18H23NO.ClH/c1-14(12-16-8-7-11-18(13-16)20-3)19-15(2)17-9-5-4-6-10-17;/h4-11,13-15,19H,12H2,1-3H3;1H/t14-,15-;/m0./s1.